The SMILES string of the molecule is O=C(O)NC1CCC(C(=O)N2CCOCC2C2CC2)CC1. The Morgan fingerprint density at radius 2 is 1.81 bits per heavy atom. The average Bonchev–Trinajstić information content (AvgIpc) is 3.31. The molecule has 1 saturated heterocycles. The first-order valence-corrected chi connectivity index (χ1v) is 8.03. The largest absolute Gasteiger partial charge is 0.465 e. The molecular weight excluding hydrogens is 272 g/mol. The van der Waals surface area contributed by atoms with Gasteiger partial charge in [-0.05, 0) is 44.4 Å². The monoisotopic (exact) mass is 296 g/mol. The van der Waals surface area contributed by atoms with Crippen LogP contribution in [0.1, 0.15) is 38.5 Å². The second-order valence-corrected chi connectivity index (χ2v) is 6.51. The lowest BCUT2D eigenvalue weighted by Crippen LogP contribution is -2.52. The molecule has 3 rings (SSSR count). The summed E-state index contributed by atoms with van der Waals surface area (Å²) in [6.45, 7) is 2.05. The van der Waals surface area contributed by atoms with Crippen LogP contribution in [0, 0.1) is 11.8 Å². The van der Waals surface area contributed by atoms with Gasteiger partial charge in [0.15, 0.2) is 0 Å². The summed E-state index contributed by atoms with van der Waals surface area (Å²) in [5, 5.41) is 11.3. The molecule has 1 heterocycles. The molecule has 2 saturated carbocycles. The minimum atomic E-state index is -0.966. The summed E-state index contributed by atoms with van der Waals surface area (Å²) in [6.07, 6.45) is 4.58. The molecule has 2 aliphatic carbocycles. The van der Waals surface area contributed by atoms with E-state index in [-0.39, 0.29) is 23.9 Å². The minimum absolute atomic E-state index is 0.00969. The summed E-state index contributed by atoms with van der Waals surface area (Å²) in [4.78, 5) is 25.5. The number of carbonyl (C=O) groups excluding carboxylic acids is 1. The van der Waals surface area contributed by atoms with Crippen molar-refractivity contribution in [1.29, 1.82) is 0 Å². The molecule has 0 aromatic heterocycles. The molecule has 1 atom stereocenters. The Balaban J connectivity index is 1.54. The standard InChI is InChI=1S/C15H24N2O4/c18-14(11-3-5-12(6-4-11)16-15(19)20)17-7-8-21-9-13(17)10-1-2-10/h10-13,16H,1-9H2,(H,19,20). The molecule has 1 aliphatic heterocycles. The molecule has 1 unspecified atom stereocenters. The summed E-state index contributed by atoms with van der Waals surface area (Å²) >= 11 is 0. The molecule has 0 spiro atoms. The second-order valence-electron chi connectivity index (χ2n) is 6.51. The van der Waals surface area contributed by atoms with E-state index in [4.69, 9.17) is 9.84 Å². The van der Waals surface area contributed by atoms with Crippen molar-refractivity contribution in [2.75, 3.05) is 19.8 Å². The van der Waals surface area contributed by atoms with Gasteiger partial charge >= 0.3 is 6.09 Å². The Morgan fingerprint density at radius 3 is 2.43 bits per heavy atom. The maximum Gasteiger partial charge on any atom is 0.404 e. The second kappa shape index (κ2) is 6.22. The molecule has 21 heavy (non-hydrogen) atoms. The lowest BCUT2D eigenvalue weighted by Gasteiger charge is -2.39. The zero-order chi connectivity index (χ0) is 14.8. The molecule has 3 fully saturated rings. The third-order valence-electron chi connectivity index (χ3n) is 5.02. The molecule has 3 aliphatic rings. The first-order chi connectivity index (χ1) is 10.1. The van der Waals surface area contributed by atoms with Gasteiger partial charge in [0.1, 0.15) is 0 Å². The minimum Gasteiger partial charge on any atom is -0.465 e. The van der Waals surface area contributed by atoms with Gasteiger partial charge in [0, 0.05) is 18.5 Å². The highest BCUT2D eigenvalue weighted by molar-refractivity contribution is 5.79. The number of carbonyl (C=O) groups is 2. The summed E-state index contributed by atoms with van der Waals surface area (Å²) in [5.74, 6) is 0.972. The highest BCUT2D eigenvalue weighted by Gasteiger charge is 2.41. The molecule has 6 heteroatoms. The fourth-order valence-electron chi connectivity index (χ4n) is 3.66. The van der Waals surface area contributed by atoms with Crippen molar-refractivity contribution < 1.29 is 19.4 Å². The van der Waals surface area contributed by atoms with Crippen LogP contribution in [0.3, 0.4) is 0 Å². The number of amides is 2. The van der Waals surface area contributed by atoms with Crippen LogP contribution in [0.5, 0.6) is 0 Å². The number of hydrogen-bond acceptors (Lipinski definition) is 3. The predicted octanol–water partition coefficient (Wildman–Crippen LogP) is 1.45. The molecule has 0 aromatic carbocycles. The summed E-state index contributed by atoms with van der Waals surface area (Å²) in [6, 6.07) is 0.289. The van der Waals surface area contributed by atoms with Crippen molar-refractivity contribution >= 4 is 12.0 Å². The van der Waals surface area contributed by atoms with E-state index >= 15 is 0 Å². The Labute approximate surface area is 124 Å². The van der Waals surface area contributed by atoms with Crippen molar-refractivity contribution in [2.24, 2.45) is 11.8 Å². The van der Waals surface area contributed by atoms with Crippen molar-refractivity contribution in [2.45, 2.75) is 50.6 Å². The Kier molecular flexibility index (Phi) is 4.33. The van der Waals surface area contributed by atoms with Gasteiger partial charge < -0.3 is 20.1 Å². The Morgan fingerprint density at radius 1 is 1.10 bits per heavy atom. The molecule has 2 amide bonds. The molecular formula is C15H24N2O4. The quantitative estimate of drug-likeness (QED) is 0.826. The lowest BCUT2D eigenvalue weighted by atomic mass is 9.84. The van der Waals surface area contributed by atoms with E-state index in [1.54, 1.807) is 0 Å². The normalized spacial score (nSPS) is 33.5. The van der Waals surface area contributed by atoms with Gasteiger partial charge in [-0.3, -0.25) is 4.79 Å². The number of nitrogens with zero attached hydrogens (tertiary/aromatic N) is 1. The third kappa shape index (κ3) is 3.48. The van der Waals surface area contributed by atoms with E-state index < -0.39 is 6.09 Å². The number of ether oxygens (including phenoxy) is 1. The first-order valence-electron chi connectivity index (χ1n) is 8.03. The van der Waals surface area contributed by atoms with Gasteiger partial charge in [-0.1, -0.05) is 0 Å². The molecule has 0 radical (unpaired) electrons. The molecule has 2 N–H and O–H groups in total. The van der Waals surface area contributed by atoms with Crippen molar-refractivity contribution in [3.8, 4) is 0 Å². The number of hydrogen-bond donors (Lipinski definition) is 2. The van der Waals surface area contributed by atoms with E-state index in [1.807, 2.05) is 0 Å². The van der Waals surface area contributed by atoms with E-state index in [0.29, 0.717) is 25.7 Å². The Hall–Kier alpha value is -1.30. The predicted molar refractivity (Wildman–Crippen MR) is 76.0 cm³/mol. The van der Waals surface area contributed by atoms with Gasteiger partial charge in [-0.2, -0.15) is 0 Å². The van der Waals surface area contributed by atoms with Crippen LogP contribution in [0.4, 0.5) is 4.79 Å². The Bertz CT molecular complexity index is 402. The molecule has 6 nitrogen and oxygen atoms in total. The molecule has 0 bridgehead atoms. The number of morpholine rings is 1. The summed E-state index contributed by atoms with van der Waals surface area (Å²) < 4.78 is 5.54. The van der Waals surface area contributed by atoms with Crippen LogP contribution in [0.15, 0.2) is 0 Å². The van der Waals surface area contributed by atoms with Gasteiger partial charge in [-0.25, -0.2) is 4.79 Å². The molecule has 0 aromatic rings. The van der Waals surface area contributed by atoms with Crippen LogP contribution in [-0.2, 0) is 9.53 Å². The van der Waals surface area contributed by atoms with Gasteiger partial charge in [0.2, 0.25) is 5.91 Å². The van der Waals surface area contributed by atoms with Gasteiger partial charge in [0.05, 0.1) is 19.3 Å². The van der Waals surface area contributed by atoms with Gasteiger partial charge in [-0.15, -0.1) is 0 Å². The van der Waals surface area contributed by atoms with E-state index in [1.165, 1.54) is 12.8 Å². The topological polar surface area (TPSA) is 78.9 Å². The van der Waals surface area contributed by atoms with Crippen LogP contribution < -0.4 is 5.32 Å². The number of nitrogens with one attached hydrogen (secondary N) is 1. The number of carboxylic acid groups (broad SMARTS) is 1. The third-order valence-corrected chi connectivity index (χ3v) is 5.02. The maximum absolute atomic E-state index is 12.8. The lowest BCUT2D eigenvalue weighted by molar-refractivity contribution is -0.146. The summed E-state index contributed by atoms with van der Waals surface area (Å²) in [7, 11) is 0. The van der Waals surface area contributed by atoms with Crippen molar-refractivity contribution in [1.82, 2.24) is 10.2 Å². The highest BCUT2D eigenvalue weighted by Crippen LogP contribution is 2.38. The van der Waals surface area contributed by atoms with Crippen LogP contribution in [0.25, 0.3) is 0 Å². The smallest absolute Gasteiger partial charge is 0.404 e. The molecule has 118 valence electrons. The fourth-order valence-corrected chi connectivity index (χ4v) is 3.66. The van der Waals surface area contributed by atoms with Crippen molar-refractivity contribution in [3.63, 3.8) is 0 Å². The van der Waals surface area contributed by atoms with Crippen molar-refractivity contribution in [3.05, 3.63) is 0 Å². The van der Waals surface area contributed by atoms with Crippen LogP contribution in [-0.4, -0.2) is 53.8 Å². The van der Waals surface area contributed by atoms with Crippen LogP contribution >= 0.6 is 0 Å². The van der Waals surface area contributed by atoms with E-state index in [2.05, 4.69) is 10.2 Å². The number of rotatable bonds is 3. The highest BCUT2D eigenvalue weighted by atomic mass is 16.5. The first kappa shape index (κ1) is 14.6. The fraction of sp³-hybridized carbons (Fsp3) is 0.867. The average molecular weight is 296 g/mol. The van der Waals surface area contributed by atoms with E-state index in [0.717, 1.165) is 25.7 Å². The van der Waals surface area contributed by atoms with E-state index in [9.17, 15) is 9.59 Å². The summed E-state index contributed by atoms with van der Waals surface area (Å²) in [5.41, 5.74) is 0. The maximum atomic E-state index is 12.8. The zero-order valence-corrected chi connectivity index (χ0v) is 12.3. The van der Waals surface area contributed by atoms with Crippen LogP contribution in [0.2, 0.25) is 0 Å². The zero-order valence-electron chi connectivity index (χ0n) is 12.3. The van der Waals surface area contributed by atoms with Gasteiger partial charge in [0.25, 0.3) is 0 Å².